The van der Waals surface area contributed by atoms with E-state index < -0.39 is 0 Å². The van der Waals surface area contributed by atoms with Crippen LogP contribution in [0.4, 0.5) is 0 Å². The van der Waals surface area contributed by atoms with Crippen LogP contribution in [0.1, 0.15) is 11.1 Å². The van der Waals surface area contributed by atoms with Gasteiger partial charge in [0.2, 0.25) is 0 Å². The van der Waals surface area contributed by atoms with Crippen molar-refractivity contribution in [2.24, 2.45) is 0 Å². The van der Waals surface area contributed by atoms with Crippen molar-refractivity contribution in [2.75, 3.05) is 0 Å². The van der Waals surface area contributed by atoms with Gasteiger partial charge in [-0.2, -0.15) is 0 Å². The quantitative estimate of drug-likeness (QED) is 0.777. The van der Waals surface area contributed by atoms with Crippen LogP contribution < -0.4 is 4.74 Å². The molecule has 0 aliphatic rings. The standard InChI is InChI=1S/C15H15O2/c1-16-11-14-8-5-9-15(10-14)17-12-13-6-3-2-4-7-13/h2-10H,1,11-12H2. The van der Waals surface area contributed by atoms with Crippen LogP contribution in [0, 0.1) is 7.11 Å². The molecule has 17 heavy (non-hydrogen) atoms. The van der Waals surface area contributed by atoms with E-state index in [9.17, 15) is 0 Å². The smallest absolute Gasteiger partial charge is 0.120 e. The molecule has 0 saturated carbocycles. The average molecular weight is 227 g/mol. The summed E-state index contributed by atoms with van der Waals surface area (Å²) in [5, 5.41) is 0. The number of benzene rings is 2. The summed E-state index contributed by atoms with van der Waals surface area (Å²) >= 11 is 0. The summed E-state index contributed by atoms with van der Waals surface area (Å²) in [6.07, 6.45) is 0. The van der Waals surface area contributed by atoms with Gasteiger partial charge >= 0.3 is 0 Å². The van der Waals surface area contributed by atoms with Crippen LogP contribution in [-0.2, 0) is 18.0 Å². The first-order valence-corrected chi connectivity index (χ1v) is 5.51. The first kappa shape index (κ1) is 11.7. The summed E-state index contributed by atoms with van der Waals surface area (Å²) in [5.41, 5.74) is 2.22. The maximum Gasteiger partial charge on any atom is 0.120 e. The molecule has 0 unspecified atom stereocenters. The Balaban J connectivity index is 1.97. The SMILES string of the molecule is [CH2]OCc1cccc(OCc2ccccc2)c1. The molecule has 2 nitrogen and oxygen atoms in total. The van der Waals surface area contributed by atoms with Gasteiger partial charge < -0.3 is 9.47 Å². The minimum absolute atomic E-state index is 0.503. The predicted octanol–water partition coefficient (Wildman–Crippen LogP) is 3.57. The Morgan fingerprint density at radius 1 is 0.824 bits per heavy atom. The summed E-state index contributed by atoms with van der Waals surface area (Å²) in [5.74, 6) is 0.850. The van der Waals surface area contributed by atoms with Crippen LogP contribution in [0.25, 0.3) is 0 Å². The molecule has 0 aliphatic carbocycles. The van der Waals surface area contributed by atoms with Gasteiger partial charge in [-0.3, -0.25) is 0 Å². The molecule has 0 atom stereocenters. The third-order valence-corrected chi connectivity index (χ3v) is 2.42. The molecule has 2 heteroatoms. The Bertz CT molecular complexity index is 451. The Morgan fingerprint density at radius 2 is 1.59 bits per heavy atom. The lowest BCUT2D eigenvalue weighted by molar-refractivity contribution is 0.228. The first-order valence-electron chi connectivity index (χ1n) is 5.51. The molecular formula is C15H15O2. The monoisotopic (exact) mass is 227 g/mol. The van der Waals surface area contributed by atoms with E-state index in [0.717, 1.165) is 16.9 Å². The van der Waals surface area contributed by atoms with Crippen molar-refractivity contribution in [3.63, 3.8) is 0 Å². The second-order valence-electron chi connectivity index (χ2n) is 3.77. The molecule has 0 fully saturated rings. The van der Waals surface area contributed by atoms with Crippen LogP contribution in [0.3, 0.4) is 0 Å². The summed E-state index contributed by atoms with van der Waals surface area (Å²) < 4.78 is 10.5. The molecule has 0 saturated heterocycles. The van der Waals surface area contributed by atoms with Gasteiger partial charge in [0.1, 0.15) is 12.4 Å². The lowest BCUT2D eigenvalue weighted by atomic mass is 10.2. The van der Waals surface area contributed by atoms with Crippen molar-refractivity contribution in [1.82, 2.24) is 0 Å². The van der Waals surface area contributed by atoms with Gasteiger partial charge in [-0.25, -0.2) is 0 Å². The van der Waals surface area contributed by atoms with Gasteiger partial charge in [0, 0.05) is 0 Å². The third-order valence-electron chi connectivity index (χ3n) is 2.42. The van der Waals surface area contributed by atoms with E-state index in [0.29, 0.717) is 13.2 Å². The highest BCUT2D eigenvalue weighted by atomic mass is 16.5. The zero-order chi connectivity index (χ0) is 11.9. The summed E-state index contributed by atoms with van der Waals surface area (Å²) in [6, 6.07) is 17.9. The lowest BCUT2D eigenvalue weighted by Gasteiger charge is -2.07. The molecule has 0 aliphatic heterocycles. The molecule has 2 rings (SSSR count). The zero-order valence-corrected chi connectivity index (χ0v) is 9.63. The third kappa shape index (κ3) is 3.61. The fraction of sp³-hybridized carbons (Fsp3) is 0.133. The fourth-order valence-corrected chi connectivity index (χ4v) is 1.58. The highest BCUT2D eigenvalue weighted by molar-refractivity contribution is 5.28. The number of hydrogen-bond donors (Lipinski definition) is 0. The second kappa shape index (κ2) is 6.06. The second-order valence-corrected chi connectivity index (χ2v) is 3.77. The van der Waals surface area contributed by atoms with E-state index in [-0.39, 0.29) is 0 Å². The molecule has 2 aromatic carbocycles. The molecule has 1 radical (unpaired) electrons. The summed E-state index contributed by atoms with van der Waals surface area (Å²) in [4.78, 5) is 0. The average Bonchev–Trinajstić information content (AvgIpc) is 2.39. The van der Waals surface area contributed by atoms with Crippen molar-refractivity contribution < 1.29 is 9.47 Å². The van der Waals surface area contributed by atoms with Crippen molar-refractivity contribution in [2.45, 2.75) is 13.2 Å². The highest BCUT2D eigenvalue weighted by Crippen LogP contribution is 2.15. The summed E-state index contributed by atoms with van der Waals surface area (Å²) in [7, 11) is 3.36. The van der Waals surface area contributed by atoms with Crippen LogP contribution in [0.15, 0.2) is 54.6 Å². The van der Waals surface area contributed by atoms with Crippen LogP contribution >= 0.6 is 0 Å². The topological polar surface area (TPSA) is 18.5 Å². The van der Waals surface area contributed by atoms with E-state index >= 15 is 0 Å². The largest absolute Gasteiger partial charge is 0.489 e. The van der Waals surface area contributed by atoms with Crippen LogP contribution in [0.2, 0.25) is 0 Å². The zero-order valence-electron chi connectivity index (χ0n) is 9.63. The molecule has 0 heterocycles. The fourth-order valence-electron chi connectivity index (χ4n) is 1.58. The molecule has 87 valence electrons. The van der Waals surface area contributed by atoms with E-state index in [1.807, 2.05) is 54.6 Å². The van der Waals surface area contributed by atoms with Crippen molar-refractivity contribution >= 4 is 0 Å². The first-order chi connectivity index (χ1) is 8.38. The van der Waals surface area contributed by atoms with Gasteiger partial charge in [-0.05, 0) is 23.3 Å². The normalized spacial score (nSPS) is 10.2. The maximum atomic E-state index is 5.70. The van der Waals surface area contributed by atoms with Gasteiger partial charge in [0.05, 0.1) is 13.7 Å². The Morgan fingerprint density at radius 3 is 2.35 bits per heavy atom. The molecule has 0 amide bonds. The lowest BCUT2D eigenvalue weighted by Crippen LogP contribution is -1.95. The summed E-state index contributed by atoms with van der Waals surface area (Å²) in [6.45, 7) is 1.08. The highest BCUT2D eigenvalue weighted by Gasteiger charge is 1.97. The van der Waals surface area contributed by atoms with Crippen LogP contribution in [-0.4, -0.2) is 0 Å². The molecule has 0 bridgehead atoms. The van der Waals surface area contributed by atoms with E-state index in [1.54, 1.807) is 0 Å². The van der Waals surface area contributed by atoms with Gasteiger partial charge in [0.15, 0.2) is 0 Å². The molecule has 0 aromatic heterocycles. The number of rotatable bonds is 5. The van der Waals surface area contributed by atoms with Crippen molar-refractivity contribution in [3.05, 3.63) is 72.8 Å². The molecule has 0 spiro atoms. The van der Waals surface area contributed by atoms with E-state index in [4.69, 9.17) is 9.47 Å². The van der Waals surface area contributed by atoms with Gasteiger partial charge in [-0.1, -0.05) is 42.5 Å². The van der Waals surface area contributed by atoms with Crippen LogP contribution in [0.5, 0.6) is 5.75 Å². The Kier molecular flexibility index (Phi) is 4.17. The maximum absolute atomic E-state index is 5.70. The predicted molar refractivity (Wildman–Crippen MR) is 67.4 cm³/mol. The van der Waals surface area contributed by atoms with E-state index in [1.165, 1.54) is 0 Å². The number of hydrogen-bond acceptors (Lipinski definition) is 2. The van der Waals surface area contributed by atoms with Gasteiger partial charge in [-0.15, -0.1) is 0 Å². The minimum Gasteiger partial charge on any atom is -0.489 e. The Hall–Kier alpha value is -1.80. The Labute approximate surface area is 102 Å². The molecule has 0 N–H and O–H groups in total. The molecular weight excluding hydrogens is 212 g/mol. The number of ether oxygens (including phenoxy) is 2. The van der Waals surface area contributed by atoms with Crippen molar-refractivity contribution in [3.8, 4) is 5.75 Å². The molecule has 2 aromatic rings. The van der Waals surface area contributed by atoms with Gasteiger partial charge in [0.25, 0.3) is 0 Å². The van der Waals surface area contributed by atoms with Crippen molar-refractivity contribution in [1.29, 1.82) is 0 Å². The van der Waals surface area contributed by atoms with E-state index in [2.05, 4.69) is 7.11 Å². The minimum atomic E-state index is 0.503.